The molecule has 4 saturated heterocycles. The molecular weight excluding hydrogens is 416 g/mol. The largest absolute Gasteiger partial charge is 0.346 e. The van der Waals surface area contributed by atoms with Crippen LogP contribution < -0.4 is 16.1 Å². The minimum atomic E-state index is -2.58. The molecule has 0 aromatic carbocycles. The fourth-order valence-electron chi connectivity index (χ4n) is 4.78. The molecule has 4 fully saturated rings. The number of hydroxylamine groups is 3. The standard InChI is InChI=1S/C17H30N6O6S/c24-16(15-2-1-14-10-22(15)17(25)23(14)29-30(26)27)20-28-11-13-7-12(8-19-13)9-21-5-3-18-4-6-21/h12-15,18-19H,1-11H2,(H,20,24)(H,26,27)/t12-,13-,14?,15?/m0/s1. The van der Waals surface area contributed by atoms with E-state index in [0.29, 0.717) is 25.4 Å². The second-order valence-electron chi connectivity index (χ2n) is 8.33. The van der Waals surface area contributed by atoms with Crippen LogP contribution in [0.25, 0.3) is 0 Å². The van der Waals surface area contributed by atoms with Gasteiger partial charge < -0.3 is 20.4 Å². The molecule has 0 spiro atoms. The van der Waals surface area contributed by atoms with E-state index in [2.05, 4.69) is 25.3 Å². The summed E-state index contributed by atoms with van der Waals surface area (Å²) >= 11 is -2.58. The van der Waals surface area contributed by atoms with Crippen molar-refractivity contribution in [3.63, 3.8) is 0 Å². The van der Waals surface area contributed by atoms with Crippen LogP contribution in [0.1, 0.15) is 19.3 Å². The van der Waals surface area contributed by atoms with Crippen molar-refractivity contribution in [3.8, 4) is 0 Å². The van der Waals surface area contributed by atoms with Gasteiger partial charge in [0.1, 0.15) is 6.04 Å². The van der Waals surface area contributed by atoms with Gasteiger partial charge in [0.2, 0.25) is 0 Å². The molecule has 5 atom stereocenters. The highest BCUT2D eigenvalue weighted by molar-refractivity contribution is 7.74. The Bertz CT molecular complexity index is 665. The molecule has 0 aromatic rings. The third-order valence-corrected chi connectivity index (χ3v) is 6.55. The van der Waals surface area contributed by atoms with Crippen LogP contribution >= 0.6 is 0 Å². The topological polar surface area (TPSA) is 136 Å². The van der Waals surface area contributed by atoms with Crippen molar-refractivity contribution in [1.82, 2.24) is 31.0 Å². The van der Waals surface area contributed by atoms with E-state index in [1.54, 1.807) is 0 Å². The number of nitrogens with zero attached hydrogens (tertiary/aromatic N) is 3. The number of fused-ring (bicyclic) bond motifs is 2. The number of piperazine rings is 1. The van der Waals surface area contributed by atoms with Gasteiger partial charge in [0.05, 0.1) is 12.6 Å². The van der Waals surface area contributed by atoms with Crippen LogP contribution in [0.5, 0.6) is 0 Å². The van der Waals surface area contributed by atoms with Crippen molar-refractivity contribution in [2.24, 2.45) is 5.92 Å². The van der Waals surface area contributed by atoms with E-state index in [4.69, 9.17) is 9.39 Å². The Balaban J connectivity index is 1.17. The van der Waals surface area contributed by atoms with Gasteiger partial charge in [0.25, 0.3) is 5.91 Å². The number of carbonyl (C=O) groups excluding carboxylic acids is 2. The van der Waals surface area contributed by atoms with Crippen LogP contribution in [0.3, 0.4) is 0 Å². The number of piperidine rings is 1. The molecule has 4 N–H and O–H groups in total. The van der Waals surface area contributed by atoms with Crippen molar-refractivity contribution < 1.29 is 27.5 Å². The molecular formula is C17H30N6O6S. The zero-order valence-corrected chi connectivity index (χ0v) is 17.6. The Morgan fingerprint density at radius 3 is 2.87 bits per heavy atom. The van der Waals surface area contributed by atoms with Crippen LogP contribution in [-0.2, 0) is 25.3 Å². The van der Waals surface area contributed by atoms with Crippen LogP contribution in [0.4, 0.5) is 4.79 Å². The van der Waals surface area contributed by atoms with Crippen molar-refractivity contribution in [2.75, 3.05) is 52.4 Å². The smallest absolute Gasteiger partial charge is 0.314 e. The summed E-state index contributed by atoms with van der Waals surface area (Å²) in [4.78, 5) is 34.2. The lowest BCUT2D eigenvalue weighted by Gasteiger charge is -2.29. The maximum absolute atomic E-state index is 12.5. The molecule has 0 aromatic heterocycles. The average molecular weight is 447 g/mol. The number of rotatable bonds is 8. The van der Waals surface area contributed by atoms with Crippen LogP contribution in [0.2, 0.25) is 0 Å². The van der Waals surface area contributed by atoms with E-state index in [1.165, 1.54) is 4.90 Å². The summed E-state index contributed by atoms with van der Waals surface area (Å²) in [7, 11) is 0. The van der Waals surface area contributed by atoms with Gasteiger partial charge in [-0.1, -0.05) is 0 Å². The summed E-state index contributed by atoms with van der Waals surface area (Å²) in [6, 6.07) is -1.39. The van der Waals surface area contributed by atoms with Crippen LogP contribution in [0, 0.1) is 5.92 Å². The Labute approximate surface area is 178 Å². The van der Waals surface area contributed by atoms with Gasteiger partial charge in [-0.2, -0.15) is 9.27 Å². The molecule has 0 radical (unpaired) electrons. The fourth-order valence-corrected chi connectivity index (χ4v) is 5.10. The highest BCUT2D eigenvalue weighted by Gasteiger charge is 2.48. The van der Waals surface area contributed by atoms with E-state index < -0.39 is 23.4 Å². The van der Waals surface area contributed by atoms with Gasteiger partial charge in [-0.25, -0.2) is 10.3 Å². The summed E-state index contributed by atoms with van der Waals surface area (Å²) < 4.78 is 24.4. The van der Waals surface area contributed by atoms with Gasteiger partial charge >= 0.3 is 17.4 Å². The quantitative estimate of drug-likeness (QED) is 0.253. The normalized spacial score (nSPS) is 33.2. The zero-order chi connectivity index (χ0) is 21.1. The number of hydrogen-bond donors (Lipinski definition) is 4. The molecule has 4 rings (SSSR count). The maximum atomic E-state index is 12.5. The number of urea groups is 1. The van der Waals surface area contributed by atoms with Crippen molar-refractivity contribution in [2.45, 2.75) is 37.4 Å². The van der Waals surface area contributed by atoms with E-state index in [-0.39, 0.29) is 24.5 Å². The van der Waals surface area contributed by atoms with E-state index in [0.717, 1.165) is 50.8 Å². The summed E-state index contributed by atoms with van der Waals surface area (Å²) in [5.74, 6) is 0.192. The van der Waals surface area contributed by atoms with Gasteiger partial charge in [0, 0.05) is 45.3 Å². The Hall–Kier alpha value is -1.35. The van der Waals surface area contributed by atoms with Gasteiger partial charge in [0.15, 0.2) is 0 Å². The third kappa shape index (κ3) is 5.10. The summed E-state index contributed by atoms with van der Waals surface area (Å²) in [6.45, 7) is 6.93. The second-order valence-corrected chi connectivity index (χ2v) is 8.92. The molecule has 0 aliphatic carbocycles. The minimum absolute atomic E-state index is 0.186. The lowest BCUT2D eigenvalue weighted by atomic mass is 10.0. The number of hydrogen-bond acceptors (Lipinski definition) is 8. The molecule has 4 heterocycles. The minimum Gasteiger partial charge on any atom is -0.314 e. The van der Waals surface area contributed by atoms with Gasteiger partial charge in [-0.3, -0.25) is 14.2 Å². The Kier molecular flexibility index (Phi) is 7.18. The molecule has 12 nitrogen and oxygen atoms in total. The molecule has 13 heteroatoms. The number of amides is 3. The maximum Gasteiger partial charge on any atom is 0.346 e. The van der Waals surface area contributed by atoms with Crippen LogP contribution in [0.15, 0.2) is 0 Å². The first-order valence-corrected chi connectivity index (χ1v) is 11.5. The molecule has 4 aliphatic rings. The van der Waals surface area contributed by atoms with E-state index >= 15 is 0 Å². The predicted octanol–water partition coefficient (Wildman–Crippen LogP) is -1.75. The second kappa shape index (κ2) is 9.85. The summed E-state index contributed by atoms with van der Waals surface area (Å²) in [5, 5.41) is 7.70. The summed E-state index contributed by atoms with van der Waals surface area (Å²) in [5.41, 5.74) is 2.47. The first-order chi connectivity index (χ1) is 14.5. The summed E-state index contributed by atoms with van der Waals surface area (Å²) in [6.07, 6.45) is 1.95. The predicted molar refractivity (Wildman–Crippen MR) is 106 cm³/mol. The number of nitrogens with one attached hydrogen (secondary N) is 3. The Morgan fingerprint density at radius 1 is 1.30 bits per heavy atom. The molecule has 4 aliphatic heterocycles. The first kappa shape index (κ1) is 21.9. The molecule has 2 bridgehead atoms. The molecule has 0 saturated carbocycles. The van der Waals surface area contributed by atoms with Crippen molar-refractivity contribution in [3.05, 3.63) is 0 Å². The highest BCUT2D eigenvalue weighted by Crippen LogP contribution is 2.30. The van der Waals surface area contributed by atoms with Crippen molar-refractivity contribution >= 4 is 23.3 Å². The SMILES string of the molecule is O=C(NOC[C@@H]1C[C@H](CN2CCNCC2)CN1)C1CCC2CN1C(=O)N2OS(=O)O. The third-order valence-electron chi connectivity index (χ3n) is 6.27. The molecule has 3 amide bonds. The number of carbonyl (C=O) groups is 2. The monoisotopic (exact) mass is 446 g/mol. The van der Waals surface area contributed by atoms with E-state index in [1.807, 2.05) is 0 Å². The zero-order valence-electron chi connectivity index (χ0n) is 16.8. The fraction of sp³-hybridized carbons (Fsp3) is 0.882. The molecule has 170 valence electrons. The Morgan fingerprint density at radius 2 is 2.10 bits per heavy atom. The van der Waals surface area contributed by atoms with E-state index in [9.17, 15) is 13.8 Å². The molecule has 3 unspecified atom stereocenters. The lowest BCUT2D eigenvalue weighted by Crippen LogP contribution is -2.50. The lowest BCUT2D eigenvalue weighted by molar-refractivity contribution is -0.139. The first-order valence-electron chi connectivity index (χ1n) is 10.5. The van der Waals surface area contributed by atoms with Crippen molar-refractivity contribution in [1.29, 1.82) is 0 Å². The van der Waals surface area contributed by atoms with Gasteiger partial charge in [-0.05, 0) is 31.7 Å². The van der Waals surface area contributed by atoms with Gasteiger partial charge in [-0.15, -0.1) is 4.28 Å². The average Bonchev–Trinajstić information content (AvgIpc) is 3.27. The highest BCUT2D eigenvalue weighted by atomic mass is 32.2. The molecule has 30 heavy (non-hydrogen) atoms. The van der Waals surface area contributed by atoms with Crippen LogP contribution in [-0.4, -0.2) is 106 Å².